The average molecular weight is 740 g/mol. The van der Waals surface area contributed by atoms with E-state index in [2.05, 4.69) is 0 Å². The smallest absolute Gasteiger partial charge is 0.257 e. The normalized spacial score (nSPS) is 21.7. The molecule has 0 spiro atoms. The Labute approximate surface area is 304 Å². The van der Waals surface area contributed by atoms with Crippen LogP contribution in [0.15, 0.2) is 120 Å². The minimum atomic E-state index is -1.17. The van der Waals surface area contributed by atoms with Crippen molar-refractivity contribution in [3.63, 3.8) is 0 Å². The van der Waals surface area contributed by atoms with Crippen molar-refractivity contribution in [2.45, 2.75) is 23.9 Å². The third kappa shape index (κ3) is 5.85. The first kappa shape index (κ1) is 34.5. The molecule has 4 atom stereocenters. The largest absolute Gasteiger partial charge is 0.482 e. The molecule has 14 heteroatoms. The quantitative estimate of drug-likeness (QED) is 0.159. The van der Waals surface area contributed by atoms with Gasteiger partial charge in [0.15, 0.2) is 36.3 Å². The summed E-state index contributed by atoms with van der Waals surface area (Å²) in [6.45, 7) is -0.555. The molecule has 0 amide bonds. The third-order valence-electron chi connectivity index (χ3n) is 9.41. The molecular formula is C38H24Cl2N2O10. The van der Waals surface area contributed by atoms with E-state index in [9.17, 15) is 39.4 Å². The molecule has 260 valence electrons. The summed E-state index contributed by atoms with van der Waals surface area (Å²) in [7, 11) is 0. The van der Waals surface area contributed by atoms with E-state index in [0.717, 1.165) is 0 Å². The number of halogens is 2. The topological polar surface area (TPSA) is 173 Å². The summed E-state index contributed by atoms with van der Waals surface area (Å²) >= 11 is 11.8. The summed E-state index contributed by atoms with van der Waals surface area (Å²) in [5, 5.41) is 24.1. The molecule has 0 bridgehead atoms. The van der Waals surface area contributed by atoms with Crippen molar-refractivity contribution in [2.24, 2.45) is 0 Å². The lowest BCUT2D eigenvalue weighted by Crippen LogP contribution is -2.42. The van der Waals surface area contributed by atoms with Gasteiger partial charge in [-0.3, -0.25) is 39.4 Å². The molecule has 0 saturated carbocycles. The van der Waals surface area contributed by atoms with Crippen LogP contribution in [-0.2, 0) is 9.47 Å². The maximum Gasteiger partial charge on any atom is 0.257 e. The molecule has 0 saturated heterocycles. The lowest BCUT2D eigenvalue weighted by atomic mass is 9.75. The van der Waals surface area contributed by atoms with Crippen LogP contribution in [0.1, 0.15) is 64.4 Å². The molecule has 52 heavy (non-hydrogen) atoms. The highest BCUT2D eigenvalue weighted by molar-refractivity contribution is 6.31. The molecule has 2 aliphatic heterocycles. The lowest BCUT2D eigenvalue weighted by Gasteiger charge is -2.32. The van der Waals surface area contributed by atoms with E-state index in [1.807, 2.05) is 0 Å². The van der Waals surface area contributed by atoms with Crippen LogP contribution >= 0.6 is 23.2 Å². The van der Waals surface area contributed by atoms with Crippen LogP contribution in [0.5, 0.6) is 0 Å². The zero-order valence-electron chi connectivity index (χ0n) is 26.7. The highest BCUT2D eigenvalue weighted by atomic mass is 35.5. The fraction of sp³-hybridized carbons (Fsp3) is 0.158. The predicted molar refractivity (Wildman–Crippen MR) is 186 cm³/mol. The summed E-state index contributed by atoms with van der Waals surface area (Å²) in [6.07, 6.45) is 0. The van der Waals surface area contributed by atoms with Crippen molar-refractivity contribution < 1.29 is 38.5 Å². The molecular weight excluding hydrogens is 715 g/mol. The van der Waals surface area contributed by atoms with E-state index in [4.69, 9.17) is 32.7 Å². The Balaban J connectivity index is 0.000000162. The fourth-order valence-corrected chi connectivity index (χ4v) is 7.25. The highest BCUT2D eigenvalue weighted by Gasteiger charge is 2.50. The van der Waals surface area contributed by atoms with Gasteiger partial charge in [0.25, 0.3) is 12.1 Å². The van der Waals surface area contributed by atoms with Gasteiger partial charge in [-0.1, -0.05) is 96.0 Å². The average Bonchev–Trinajstić information content (AvgIpc) is 3.15. The molecule has 0 fully saturated rings. The van der Waals surface area contributed by atoms with Crippen molar-refractivity contribution in [1.29, 1.82) is 0 Å². The van der Waals surface area contributed by atoms with Gasteiger partial charge in [-0.15, -0.1) is 0 Å². The van der Waals surface area contributed by atoms with E-state index in [0.29, 0.717) is 21.2 Å². The van der Waals surface area contributed by atoms with Crippen LogP contribution in [-0.4, -0.2) is 58.3 Å². The number of allylic oxidation sites excluding steroid dienone is 2. The van der Waals surface area contributed by atoms with E-state index >= 15 is 0 Å². The van der Waals surface area contributed by atoms with Crippen molar-refractivity contribution in [3.8, 4) is 0 Å². The Kier molecular flexibility index (Phi) is 9.03. The second-order valence-electron chi connectivity index (χ2n) is 12.3. The molecule has 0 aromatic heterocycles. The van der Waals surface area contributed by atoms with Crippen LogP contribution in [0.25, 0.3) is 0 Å². The van der Waals surface area contributed by atoms with Gasteiger partial charge in [0.1, 0.15) is 0 Å². The maximum absolute atomic E-state index is 13.1. The van der Waals surface area contributed by atoms with Gasteiger partial charge in [-0.2, -0.15) is 0 Å². The Hall–Kier alpha value is -5.98. The van der Waals surface area contributed by atoms with Crippen LogP contribution in [0.3, 0.4) is 0 Å². The van der Waals surface area contributed by atoms with Crippen LogP contribution < -0.4 is 0 Å². The summed E-state index contributed by atoms with van der Waals surface area (Å²) in [6, 6.07) is 23.5. The van der Waals surface area contributed by atoms with Crippen LogP contribution in [0, 0.1) is 20.2 Å². The van der Waals surface area contributed by atoms with Crippen LogP contribution in [0.4, 0.5) is 0 Å². The molecule has 2 aliphatic carbocycles. The van der Waals surface area contributed by atoms with Gasteiger partial charge in [0.05, 0.1) is 23.0 Å². The Bertz CT molecular complexity index is 2120. The maximum atomic E-state index is 13.1. The molecule has 0 unspecified atom stereocenters. The van der Waals surface area contributed by atoms with Crippen LogP contribution in [0.2, 0.25) is 10.0 Å². The van der Waals surface area contributed by atoms with Gasteiger partial charge in [0.2, 0.25) is 11.6 Å². The first-order valence-electron chi connectivity index (χ1n) is 15.9. The van der Waals surface area contributed by atoms with Crippen molar-refractivity contribution in [3.05, 3.63) is 183 Å². The fourth-order valence-electron chi connectivity index (χ4n) is 6.99. The van der Waals surface area contributed by atoms with Gasteiger partial charge in [-0.05, 0) is 35.4 Å². The molecule has 4 aromatic rings. The Morgan fingerprint density at radius 3 is 1.12 bits per heavy atom. The van der Waals surface area contributed by atoms with E-state index in [1.54, 1.807) is 97.1 Å². The molecule has 8 rings (SSSR count). The summed E-state index contributed by atoms with van der Waals surface area (Å²) < 4.78 is 10.8. The minimum Gasteiger partial charge on any atom is -0.482 e. The number of hydrogen-bond donors (Lipinski definition) is 0. The number of carbonyl (C=O) groups excluding carboxylic acids is 4. The Morgan fingerprint density at radius 2 is 0.808 bits per heavy atom. The number of hydrogen-bond acceptors (Lipinski definition) is 10. The SMILES string of the molecule is O=C1C2=C(C(=O)c3ccccc31)[C@@H](c1ccc(Cl)cc1)[C@H]([N+](=O)[O-])CO2.O=C1C2=C(C(=O)c3ccccc31)[C@@H](c1ccc(Cl)cc1)[C@H]([N+](=O)[O-])CO2. The summed E-state index contributed by atoms with van der Waals surface area (Å²) in [5.41, 5.74) is 2.18. The molecule has 0 N–H and O–H groups in total. The van der Waals surface area contributed by atoms with E-state index < -0.39 is 56.9 Å². The number of benzene rings is 4. The van der Waals surface area contributed by atoms with E-state index in [1.165, 1.54) is 0 Å². The summed E-state index contributed by atoms with van der Waals surface area (Å²) in [5.74, 6) is -3.61. The third-order valence-corrected chi connectivity index (χ3v) is 9.92. The van der Waals surface area contributed by atoms with Gasteiger partial charge in [0, 0.05) is 42.1 Å². The van der Waals surface area contributed by atoms with Crippen molar-refractivity contribution >= 4 is 46.3 Å². The number of carbonyl (C=O) groups is 4. The van der Waals surface area contributed by atoms with Gasteiger partial charge >= 0.3 is 0 Å². The number of nitrogens with zero attached hydrogens (tertiary/aromatic N) is 2. The second kappa shape index (κ2) is 13.6. The molecule has 2 heterocycles. The Morgan fingerprint density at radius 1 is 0.500 bits per heavy atom. The standard InChI is InChI=1S/2C19H12ClNO5/c2*20-11-7-5-10(6-8-11)15-14(21(24)25)9-26-19-16(15)17(22)12-3-1-2-4-13(12)18(19)23/h2*1-8,14-15H,9H2/t2*14-,15+/m11/s1. The zero-order valence-corrected chi connectivity index (χ0v) is 28.2. The second-order valence-corrected chi connectivity index (χ2v) is 13.2. The summed E-state index contributed by atoms with van der Waals surface area (Å²) in [4.78, 5) is 74.0. The number of ketones is 4. The monoisotopic (exact) mass is 738 g/mol. The number of fused-ring (bicyclic) bond motifs is 2. The van der Waals surface area contributed by atoms with Gasteiger partial charge < -0.3 is 9.47 Å². The zero-order chi connectivity index (χ0) is 36.8. The van der Waals surface area contributed by atoms with Crippen molar-refractivity contribution in [2.75, 3.05) is 13.2 Å². The predicted octanol–water partition coefficient (Wildman–Crippen LogP) is 6.86. The first-order valence-corrected chi connectivity index (χ1v) is 16.6. The van der Waals surface area contributed by atoms with Crippen molar-refractivity contribution in [1.82, 2.24) is 0 Å². The number of ether oxygens (including phenoxy) is 2. The molecule has 0 radical (unpaired) electrons. The molecule has 4 aromatic carbocycles. The molecule has 12 nitrogen and oxygen atoms in total. The minimum absolute atomic E-state index is 0.0453. The highest BCUT2D eigenvalue weighted by Crippen LogP contribution is 2.43. The number of Topliss-reactive ketones (excluding diaryl/α,β-unsaturated/α-hetero) is 4. The number of nitro groups is 2. The molecule has 4 aliphatic rings. The first-order chi connectivity index (χ1) is 25.0. The number of rotatable bonds is 4. The lowest BCUT2D eigenvalue weighted by molar-refractivity contribution is -0.529. The van der Waals surface area contributed by atoms with E-state index in [-0.39, 0.29) is 58.1 Å². The van der Waals surface area contributed by atoms with Gasteiger partial charge in [-0.25, -0.2) is 0 Å².